The van der Waals surface area contributed by atoms with Crippen molar-refractivity contribution in [1.82, 2.24) is 24.8 Å². The number of amides is 1. The van der Waals surface area contributed by atoms with E-state index in [9.17, 15) is 4.79 Å². The average Bonchev–Trinajstić information content (AvgIpc) is 3.58. The molecular weight excluding hydrogens is 438 g/mol. The van der Waals surface area contributed by atoms with Gasteiger partial charge in [-0.2, -0.15) is 10.1 Å². The first-order chi connectivity index (χ1) is 15.9. The van der Waals surface area contributed by atoms with E-state index in [-0.39, 0.29) is 11.9 Å². The van der Waals surface area contributed by atoms with Crippen LogP contribution in [0.1, 0.15) is 51.8 Å². The molecular formula is C25H24ClN5O2. The molecule has 0 radical (unpaired) electrons. The summed E-state index contributed by atoms with van der Waals surface area (Å²) in [6, 6.07) is 11.1. The molecule has 1 atom stereocenters. The van der Waals surface area contributed by atoms with Gasteiger partial charge in [-0.25, -0.2) is 4.68 Å². The number of aromatic nitrogens is 4. The Morgan fingerprint density at radius 2 is 1.97 bits per heavy atom. The van der Waals surface area contributed by atoms with Crippen LogP contribution in [0.4, 0.5) is 0 Å². The number of halogens is 1. The number of hydrogen-bond donors (Lipinski definition) is 0. The number of likely N-dealkylation sites (tertiary alicyclic amines) is 1. The lowest BCUT2D eigenvalue weighted by Gasteiger charge is -2.24. The fraction of sp³-hybridized carbons (Fsp3) is 0.280. The van der Waals surface area contributed by atoms with Gasteiger partial charge in [0.1, 0.15) is 6.04 Å². The standard InChI is InChI=1S/C25H24ClN5O2/c1-15-13-19(22(14-16(15)2)31-12-6-10-27-31)25(32)30-11-5-9-21(30)24-28-23(29-33-24)18-7-4-8-20(26)17(18)3/h4,6-8,10,12-14,21H,5,9,11H2,1-3H3. The van der Waals surface area contributed by atoms with Crippen LogP contribution >= 0.6 is 11.6 Å². The maximum atomic E-state index is 13.8. The number of nitrogens with zero attached hydrogens (tertiary/aromatic N) is 5. The lowest BCUT2D eigenvalue weighted by Crippen LogP contribution is -2.31. The van der Waals surface area contributed by atoms with E-state index in [2.05, 4.69) is 15.2 Å². The van der Waals surface area contributed by atoms with E-state index in [4.69, 9.17) is 16.1 Å². The molecule has 1 saturated heterocycles. The third-order valence-corrected chi connectivity index (χ3v) is 6.75. The molecule has 1 amide bonds. The van der Waals surface area contributed by atoms with Gasteiger partial charge in [0.15, 0.2) is 0 Å². The lowest BCUT2D eigenvalue weighted by atomic mass is 10.0. The lowest BCUT2D eigenvalue weighted by molar-refractivity contribution is 0.0710. The van der Waals surface area contributed by atoms with Crippen molar-refractivity contribution in [2.45, 2.75) is 39.7 Å². The van der Waals surface area contributed by atoms with Crippen LogP contribution in [0.25, 0.3) is 17.1 Å². The number of benzene rings is 2. The van der Waals surface area contributed by atoms with Gasteiger partial charge in [0, 0.05) is 29.5 Å². The van der Waals surface area contributed by atoms with Crippen molar-refractivity contribution in [3.63, 3.8) is 0 Å². The minimum Gasteiger partial charge on any atom is -0.337 e. The predicted octanol–water partition coefficient (Wildman–Crippen LogP) is 5.48. The first kappa shape index (κ1) is 21.4. The second-order valence-electron chi connectivity index (χ2n) is 8.43. The summed E-state index contributed by atoms with van der Waals surface area (Å²) in [6.45, 7) is 6.60. The van der Waals surface area contributed by atoms with Gasteiger partial charge in [-0.3, -0.25) is 4.79 Å². The fourth-order valence-electron chi connectivity index (χ4n) is 4.32. The summed E-state index contributed by atoms with van der Waals surface area (Å²) in [4.78, 5) is 20.2. The quantitative estimate of drug-likeness (QED) is 0.402. The van der Waals surface area contributed by atoms with E-state index in [1.54, 1.807) is 10.9 Å². The molecule has 0 bridgehead atoms. The summed E-state index contributed by atoms with van der Waals surface area (Å²) >= 11 is 6.26. The summed E-state index contributed by atoms with van der Waals surface area (Å²) in [5.74, 6) is 0.859. The third kappa shape index (κ3) is 3.82. The van der Waals surface area contributed by atoms with Crippen molar-refractivity contribution in [2.24, 2.45) is 0 Å². The highest BCUT2D eigenvalue weighted by atomic mass is 35.5. The van der Waals surface area contributed by atoms with Gasteiger partial charge >= 0.3 is 0 Å². The van der Waals surface area contributed by atoms with Gasteiger partial charge in [-0.05, 0) is 74.6 Å². The molecule has 1 fully saturated rings. The highest BCUT2D eigenvalue weighted by Gasteiger charge is 2.36. The van der Waals surface area contributed by atoms with Crippen molar-refractivity contribution in [2.75, 3.05) is 6.54 Å². The zero-order valence-corrected chi connectivity index (χ0v) is 19.5. The summed E-state index contributed by atoms with van der Waals surface area (Å²) in [5, 5.41) is 9.19. The van der Waals surface area contributed by atoms with E-state index >= 15 is 0 Å². The van der Waals surface area contributed by atoms with Gasteiger partial charge in [-0.1, -0.05) is 28.9 Å². The zero-order valence-electron chi connectivity index (χ0n) is 18.7. The maximum absolute atomic E-state index is 13.8. The predicted molar refractivity (Wildman–Crippen MR) is 126 cm³/mol. The molecule has 168 valence electrons. The van der Waals surface area contributed by atoms with Gasteiger partial charge in [0.2, 0.25) is 11.7 Å². The van der Waals surface area contributed by atoms with E-state index in [1.807, 2.05) is 68.3 Å². The van der Waals surface area contributed by atoms with E-state index in [1.165, 1.54) is 0 Å². The molecule has 3 heterocycles. The number of aryl methyl sites for hydroxylation is 2. The Hall–Kier alpha value is -3.45. The molecule has 5 rings (SSSR count). The molecule has 7 nitrogen and oxygen atoms in total. The van der Waals surface area contributed by atoms with Crippen LogP contribution in [0, 0.1) is 20.8 Å². The second-order valence-corrected chi connectivity index (χ2v) is 8.84. The van der Waals surface area contributed by atoms with Crippen LogP contribution in [0.3, 0.4) is 0 Å². The molecule has 1 unspecified atom stereocenters. The summed E-state index contributed by atoms with van der Waals surface area (Å²) in [5.41, 5.74) is 5.25. The molecule has 1 aliphatic heterocycles. The van der Waals surface area contributed by atoms with Crippen molar-refractivity contribution >= 4 is 17.5 Å². The Labute approximate surface area is 197 Å². The molecule has 8 heteroatoms. The molecule has 2 aromatic carbocycles. The molecule has 0 N–H and O–H groups in total. The molecule has 33 heavy (non-hydrogen) atoms. The Balaban J connectivity index is 1.49. The van der Waals surface area contributed by atoms with Gasteiger partial charge in [0.25, 0.3) is 5.91 Å². The number of carbonyl (C=O) groups is 1. The topological polar surface area (TPSA) is 77.0 Å². The minimum absolute atomic E-state index is 0.0650. The molecule has 0 spiro atoms. The highest BCUT2D eigenvalue weighted by molar-refractivity contribution is 6.31. The van der Waals surface area contributed by atoms with Crippen molar-refractivity contribution in [3.8, 4) is 17.1 Å². The van der Waals surface area contributed by atoms with Crippen molar-refractivity contribution in [1.29, 1.82) is 0 Å². The third-order valence-electron chi connectivity index (χ3n) is 6.34. The Morgan fingerprint density at radius 1 is 1.15 bits per heavy atom. The molecule has 0 aliphatic carbocycles. The van der Waals surface area contributed by atoms with Crippen LogP contribution in [-0.2, 0) is 0 Å². The Kier molecular flexibility index (Phi) is 5.50. The summed E-state index contributed by atoms with van der Waals surface area (Å²) < 4.78 is 7.38. The van der Waals surface area contributed by atoms with Crippen molar-refractivity contribution < 1.29 is 9.32 Å². The van der Waals surface area contributed by atoms with E-state index in [0.717, 1.165) is 40.8 Å². The summed E-state index contributed by atoms with van der Waals surface area (Å²) in [7, 11) is 0. The van der Waals surface area contributed by atoms with Crippen LogP contribution in [0.5, 0.6) is 0 Å². The Morgan fingerprint density at radius 3 is 2.76 bits per heavy atom. The highest BCUT2D eigenvalue weighted by Crippen LogP contribution is 2.35. The fourth-order valence-corrected chi connectivity index (χ4v) is 4.50. The van der Waals surface area contributed by atoms with Crippen LogP contribution in [-0.4, -0.2) is 37.3 Å². The first-order valence-corrected chi connectivity index (χ1v) is 11.3. The van der Waals surface area contributed by atoms with Crippen LogP contribution in [0.15, 0.2) is 53.3 Å². The Bertz CT molecular complexity index is 1330. The normalized spacial score (nSPS) is 15.9. The number of rotatable bonds is 4. The van der Waals surface area contributed by atoms with E-state index in [0.29, 0.717) is 28.8 Å². The zero-order chi connectivity index (χ0) is 23.1. The monoisotopic (exact) mass is 461 g/mol. The number of hydrogen-bond acceptors (Lipinski definition) is 5. The average molecular weight is 462 g/mol. The van der Waals surface area contributed by atoms with Crippen LogP contribution < -0.4 is 0 Å². The SMILES string of the molecule is Cc1cc(C(=O)N2CCCC2c2nc(-c3cccc(Cl)c3C)no2)c(-n2cccn2)cc1C. The van der Waals surface area contributed by atoms with Gasteiger partial charge in [0.05, 0.1) is 11.3 Å². The molecule has 4 aromatic rings. The minimum atomic E-state index is -0.273. The first-order valence-electron chi connectivity index (χ1n) is 11.0. The van der Waals surface area contributed by atoms with Crippen LogP contribution in [0.2, 0.25) is 5.02 Å². The molecule has 2 aromatic heterocycles. The summed E-state index contributed by atoms with van der Waals surface area (Å²) in [6.07, 6.45) is 5.19. The van der Waals surface area contributed by atoms with Gasteiger partial charge < -0.3 is 9.42 Å². The van der Waals surface area contributed by atoms with Gasteiger partial charge in [-0.15, -0.1) is 0 Å². The van der Waals surface area contributed by atoms with E-state index < -0.39 is 0 Å². The van der Waals surface area contributed by atoms with Crippen molar-refractivity contribution in [3.05, 3.63) is 82.0 Å². The largest absolute Gasteiger partial charge is 0.337 e. The second kappa shape index (κ2) is 8.48. The maximum Gasteiger partial charge on any atom is 0.256 e. The molecule has 0 saturated carbocycles. The molecule has 1 aliphatic rings. The number of carbonyl (C=O) groups excluding carboxylic acids is 1. The smallest absolute Gasteiger partial charge is 0.256 e.